The van der Waals surface area contributed by atoms with Gasteiger partial charge in [-0.2, -0.15) is 0 Å². The fourth-order valence-electron chi connectivity index (χ4n) is 4.72. The molecule has 2 aliphatic rings. The molecular weight excluding hydrogens is 568 g/mol. The Morgan fingerprint density at radius 3 is 1.32 bits per heavy atom. The molecule has 240 valence electrons. The summed E-state index contributed by atoms with van der Waals surface area (Å²) in [6, 6.07) is 14.4. The van der Waals surface area contributed by atoms with Crippen LogP contribution in [0.15, 0.2) is 48.5 Å². The fraction of sp³-hybridized carbons (Fsp3) is 0.500. The third-order valence-corrected chi connectivity index (χ3v) is 7.41. The van der Waals surface area contributed by atoms with Gasteiger partial charge in [0.15, 0.2) is 0 Å². The van der Waals surface area contributed by atoms with Gasteiger partial charge in [0.25, 0.3) is 11.8 Å². The molecule has 2 fully saturated rings. The van der Waals surface area contributed by atoms with Crippen LogP contribution in [-0.2, 0) is 28.7 Å². The minimum atomic E-state index is -0.551. The van der Waals surface area contributed by atoms with Gasteiger partial charge in [-0.15, -0.1) is 0 Å². The molecule has 0 unspecified atom stereocenters. The molecule has 0 aromatic heterocycles. The maximum Gasteiger partial charge on any atom is 0.253 e. The van der Waals surface area contributed by atoms with Crippen LogP contribution in [0.3, 0.4) is 0 Å². The average Bonchev–Trinajstić information content (AvgIpc) is 3.03. The van der Waals surface area contributed by atoms with Crippen LogP contribution in [0, 0.1) is 0 Å². The van der Waals surface area contributed by atoms with Crippen molar-refractivity contribution in [3.8, 4) is 0 Å². The maximum atomic E-state index is 11.8. The third kappa shape index (κ3) is 9.58. The monoisotopic (exact) mass is 612 g/mol. The molecule has 2 saturated heterocycles. The summed E-state index contributed by atoms with van der Waals surface area (Å²) in [4.78, 5) is 53.6. The van der Waals surface area contributed by atoms with E-state index in [-0.39, 0.29) is 49.9 Å². The molecule has 44 heavy (non-hydrogen) atoms. The summed E-state index contributed by atoms with van der Waals surface area (Å²) in [5, 5.41) is 19.5. The summed E-state index contributed by atoms with van der Waals surface area (Å²) in [7, 11) is 0. The minimum absolute atomic E-state index is 0.0659. The molecule has 2 aromatic carbocycles. The van der Waals surface area contributed by atoms with Crippen molar-refractivity contribution in [2.75, 3.05) is 72.2 Å². The van der Waals surface area contributed by atoms with Crippen molar-refractivity contribution in [1.82, 2.24) is 0 Å². The molecule has 4 amide bonds. The molecule has 4 rings (SSSR count). The Hall–Kier alpha value is -3.84. The van der Waals surface area contributed by atoms with E-state index < -0.39 is 12.2 Å². The number of aliphatic hydroxyl groups is 2. The number of hydrogen-bond acceptors (Lipinski definition) is 8. The molecule has 2 heterocycles. The first kappa shape index (κ1) is 34.6. The lowest BCUT2D eigenvalue weighted by atomic mass is 10.2. The number of ether oxygens (including phenoxy) is 2. The minimum Gasteiger partial charge on any atom is -0.391 e. The quantitative estimate of drug-likeness (QED) is 0.417. The van der Waals surface area contributed by atoms with E-state index in [1.54, 1.807) is 43.9 Å². The summed E-state index contributed by atoms with van der Waals surface area (Å²) in [6.45, 7) is 9.53. The Kier molecular flexibility index (Phi) is 13.3. The fourth-order valence-corrected chi connectivity index (χ4v) is 4.72. The Bertz CT molecular complexity index is 1160. The zero-order chi connectivity index (χ0) is 32.2. The van der Waals surface area contributed by atoms with Crippen molar-refractivity contribution in [2.45, 2.75) is 52.7 Å². The average molecular weight is 613 g/mol. The van der Waals surface area contributed by atoms with Gasteiger partial charge in [-0.05, 0) is 61.4 Å². The summed E-state index contributed by atoms with van der Waals surface area (Å²) < 4.78 is 10.2. The predicted octanol–water partition coefficient (Wildman–Crippen LogP) is 2.35. The molecule has 2 aromatic rings. The van der Waals surface area contributed by atoms with Crippen LogP contribution >= 0.6 is 0 Å². The molecule has 0 saturated carbocycles. The van der Waals surface area contributed by atoms with Gasteiger partial charge in [0.1, 0.15) is 13.2 Å². The number of carbonyl (C=O) groups is 4. The highest BCUT2D eigenvalue weighted by Gasteiger charge is 2.22. The standard InChI is InChI=1S/2C16H22N2O4/c2*1-3-15(20)10-18(12(2)19)14-6-4-13(5-7-14)17-8-9-22-11-16(17)21/h2*4-7,15,20H,3,8-11H2,1-2H3/t2*15-/m10/s1. The first-order chi connectivity index (χ1) is 21.0. The van der Waals surface area contributed by atoms with Crippen molar-refractivity contribution in [2.24, 2.45) is 0 Å². The number of benzene rings is 2. The van der Waals surface area contributed by atoms with E-state index in [0.29, 0.717) is 50.5 Å². The Morgan fingerprint density at radius 1 is 0.705 bits per heavy atom. The van der Waals surface area contributed by atoms with Crippen molar-refractivity contribution in [1.29, 1.82) is 0 Å². The molecule has 12 heteroatoms. The van der Waals surface area contributed by atoms with E-state index in [1.807, 2.05) is 38.1 Å². The molecular formula is C32H44N4O8. The van der Waals surface area contributed by atoms with E-state index in [4.69, 9.17) is 9.47 Å². The lowest BCUT2D eigenvalue weighted by molar-refractivity contribution is -0.126. The second-order valence-electron chi connectivity index (χ2n) is 10.6. The van der Waals surface area contributed by atoms with E-state index in [1.165, 1.54) is 13.8 Å². The van der Waals surface area contributed by atoms with Crippen molar-refractivity contribution >= 4 is 46.4 Å². The van der Waals surface area contributed by atoms with Gasteiger partial charge in [0, 0.05) is 49.7 Å². The first-order valence-electron chi connectivity index (χ1n) is 14.9. The number of amides is 4. The lowest BCUT2D eigenvalue weighted by Gasteiger charge is -2.28. The predicted molar refractivity (Wildman–Crippen MR) is 168 cm³/mol. The second-order valence-corrected chi connectivity index (χ2v) is 10.6. The molecule has 2 atom stereocenters. The van der Waals surface area contributed by atoms with Crippen molar-refractivity contribution in [3.63, 3.8) is 0 Å². The Labute approximate surface area is 258 Å². The molecule has 12 nitrogen and oxygen atoms in total. The van der Waals surface area contributed by atoms with Gasteiger partial charge in [0.05, 0.1) is 38.5 Å². The third-order valence-electron chi connectivity index (χ3n) is 7.41. The van der Waals surface area contributed by atoms with Gasteiger partial charge >= 0.3 is 0 Å². The van der Waals surface area contributed by atoms with E-state index >= 15 is 0 Å². The van der Waals surface area contributed by atoms with Crippen LogP contribution in [0.5, 0.6) is 0 Å². The normalized spacial score (nSPS) is 16.5. The zero-order valence-electron chi connectivity index (χ0n) is 26.0. The maximum absolute atomic E-state index is 11.8. The van der Waals surface area contributed by atoms with Crippen LogP contribution in [0.2, 0.25) is 0 Å². The number of morpholine rings is 2. The highest BCUT2D eigenvalue weighted by molar-refractivity contribution is 5.97. The number of rotatable bonds is 10. The number of anilines is 4. The highest BCUT2D eigenvalue weighted by Crippen LogP contribution is 2.24. The van der Waals surface area contributed by atoms with Crippen LogP contribution in [0.1, 0.15) is 40.5 Å². The van der Waals surface area contributed by atoms with E-state index in [9.17, 15) is 29.4 Å². The van der Waals surface area contributed by atoms with E-state index in [0.717, 1.165) is 11.4 Å². The molecule has 0 bridgehead atoms. The zero-order valence-corrected chi connectivity index (χ0v) is 26.0. The smallest absolute Gasteiger partial charge is 0.253 e. The van der Waals surface area contributed by atoms with Gasteiger partial charge in [0.2, 0.25) is 11.8 Å². The van der Waals surface area contributed by atoms with Gasteiger partial charge < -0.3 is 39.3 Å². The van der Waals surface area contributed by atoms with Crippen LogP contribution < -0.4 is 19.6 Å². The van der Waals surface area contributed by atoms with E-state index in [2.05, 4.69) is 0 Å². The number of hydrogen-bond donors (Lipinski definition) is 2. The van der Waals surface area contributed by atoms with Crippen molar-refractivity contribution < 1.29 is 38.9 Å². The summed E-state index contributed by atoms with van der Waals surface area (Å²) >= 11 is 0. The SMILES string of the molecule is CC[C@@H](O)CN(C(C)=O)c1ccc(N2CCOCC2=O)cc1.CC[C@H](O)CN(C(C)=O)c1ccc(N2CCOCC2=O)cc1. The number of aliphatic hydroxyl groups excluding tert-OH is 2. The van der Waals surface area contributed by atoms with Crippen LogP contribution in [0.4, 0.5) is 22.7 Å². The first-order valence-corrected chi connectivity index (χ1v) is 14.9. The number of carbonyl (C=O) groups excluding carboxylic acids is 4. The lowest BCUT2D eigenvalue weighted by Crippen LogP contribution is -2.41. The topological polar surface area (TPSA) is 140 Å². The van der Waals surface area contributed by atoms with Gasteiger partial charge in [-0.1, -0.05) is 13.8 Å². The number of nitrogens with zero attached hydrogens (tertiary/aromatic N) is 4. The van der Waals surface area contributed by atoms with Crippen molar-refractivity contribution in [3.05, 3.63) is 48.5 Å². The summed E-state index contributed by atoms with van der Waals surface area (Å²) in [5.74, 6) is -0.377. The Morgan fingerprint density at radius 2 is 1.05 bits per heavy atom. The molecule has 2 N–H and O–H groups in total. The van der Waals surface area contributed by atoms with Gasteiger partial charge in [-0.3, -0.25) is 19.2 Å². The molecule has 0 radical (unpaired) electrons. The van der Waals surface area contributed by atoms with Crippen LogP contribution in [0.25, 0.3) is 0 Å². The highest BCUT2D eigenvalue weighted by atomic mass is 16.5. The Balaban J connectivity index is 0.000000240. The summed E-state index contributed by atoms with van der Waals surface area (Å²) in [6.07, 6.45) is 0.0719. The molecule has 2 aliphatic heterocycles. The molecule has 0 spiro atoms. The second kappa shape index (κ2) is 16.9. The van der Waals surface area contributed by atoms with Crippen LogP contribution in [-0.4, -0.2) is 98.7 Å². The largest absolute Gasteiger partial charge is 0.391 e. The molecule has 0 aliphatic carbocycles. The summed E-state index contributed by atoms with van der Waals surface area (Å²) in [5.41, 5.74) is 3.00. The van der Waals surface area contributed by atoms with Gasteiger partial charge in [-0.25, -0.2) is 0 Å².